The molecule has 0 aromatic heterocycles. The van der Waals surface area contributed by atoms with Gasteiger partial charge in [-0.1, -0.05) is 26.2 Å². The van der Waals surface area contributed by atoms with Crippen LogP contribution in [0.4, 0.5) is 0 Å². The number of carbonyl (C=O) groups excluding carboxylic acids is 1. The van der Waals surface area contributed by atoms with Crippen LogP contribution in [0.2, 0.25) is 0 Å². The Bertz CT molecular complexity index is 504. The van der Waals surface area contributed by atoms with E-state index in [0.717, 1.165) is 25.7 Å². The van der Waals surface area contributed by atoms with E-state index in [0.29, 0.717) is 6.42 Å². The lowest BCUT2D eigenvalue weighted by Gasteiger charge is -2.04. The highest BCUT2D eigenvalue weighted by molar-refractivity contribution is 7.85. The van der Waals surface area contributed by atoms with Crippen LogP contribution in [0.15, 0.2) is 29.2 Å². The Morgan fingerprint density at radius 2 is 1.79 bits per heavy atom. The highest BCUT2D eigenvalue weighted by atomic mass is 32.2. The van der Waals surface area contributed by atoms with E-state index in [1.165, 1.54) is 24.3 Å². The highest BCUT2D eigenvalue weighted by Crippen LogP contribution is 2.16. The summed E-state index contributed by atoms with van der Waals surface area (Å²) in [7, 11) is -4.21. The lowest BCUT2D eigenvalue weighted by atomic mass is 10.1. The Kier molecular flexibility index (Phi) is 5.98. The van der Waals surface area contributed by atoms with E-state index in [9.17, 15) is 13.2 Å². The van der Waals surface area contributed by atoms with Crippen LogP contribution in [0.25, 0.3) is 0 Å². The molecule has 1 rings (SSSR count). The largest absolute Gasteiger partial charge is 0.427 e. The van der Waals surface area contributed by atoms with Gasteiger partial charge in [-0.05, 0) is 30.7 Å². The van der Waals surface area contributed by atoms with Gasteiger partial charge in [-0.3, -0.25) is 9.35 Å². The Morgan fingerprint density at radius 1 is 1.16 bits per heavy atom. The monoisotopic (exact) mass is 286 g/mol. The summed E-state index contributed by atoms with van der Waals surface area (Å²) >= 11 is 0. The molecule has 0 fully saturated rings. The molecule has 0 radical (unpaired) electrons. The Balaban J connectivity index is 2.47. The number of carbonyl (C=O) groups is 1. The highest BCUT2D eigenvalue weighted by Gasteiger charge is 2.10. The van der Waals surface area contributed by atoms with Crippen molar-refractivity contribution in [3.8, 4) is 5.75 Å². The summed E-state index contributed by atoms with van der Waals surface area (Å²) in [5.41, 5.74) is 0. The number of hydrogen-bond acceptors (Lipinski definition) is 4. The molecule has 5 nitrogen and oxygen atoms in total. The third-order valence-corrected chi connectivity index (χ3v) is 3.46. The molecule has 19 heavy (non-hydrogen) atoms. The zero-order valence-electron chi connectivity index (χ0n) is 10.8. The standard InChI is InChI=1S/C13H18O5S/c1-2-3-4-5-6-13(14)18-11-7-9-12(10-8-11)19(15,16)17/h7-10H,2-6H2,1H3,(H,15,16,17). The van der Waals surface area contributed by atoms with Crippen molar-refractivity contribution in [2.45, 2.75) is 43.9 Å². The number of unbranched alkanes of at least 4 members (excludes halogenated alkanes) is 3. The second-order valence-electron chi connectivity index (χ2n) is 4.23. The SMILES string of the molecule is CCCCCCC(=O)Oc1ccc(S(=O)(=O)O)cc1. The fourth-order valence-corrected chi connectivity index (χ4v) is 2.04. The molecule has 0 saturated heterocycles. The van der Waals surface area contributed by atoms with E-state index in [1.54, 1.807) is 0 Å². The molecule has 0 aliphatic heterocycles. The van der Waals surface area contributed by atoms with Crippen molar-refractivity contribution in [3.05, 3.63) is 24.3 Å². The maximum absolute atomic E-state index is 11.5. The molecule has 0 aliphatic rings. The van der Waals surface area contributed by atoms with E-state index >= 15 is 0 Å². The minimum atomic E-state index is -4.21. The normalized spacial score (nSPS) is 11.3. The van der Waals surface area contributed by atoms with Gasteiger partial charge in [0.2, 0.25) is 0 Å². The number of rotatable bonds is 7. The second kappa shape index (κ2) is 7.25. The first kappa shape index (κ1) is 15.7. The Hall–Kier alpha value is -1.40. The minimum Gasteiger partial charge on any atom is -0.427 e. The van der Waals surface area contributed by atoms with E-state index in [4.69, 9.17) is 9.29 Å². The van der Waals surface area contributed by atoms with Gasteiger partial charge in [-0.15, -0.1) is 0 Å². The van der Waals surface area contributed by atoms with Gasteiger partial charge in [0.15, 0.2) is 0 Å². The van der Waals surface area contributed by atoms with E-state index in [-0.39, 0.29) is 16.6 Å². The zero-order chi connectivity index (χ0) is 14.3. The van der Waals surface area contributed by atoms with Gasteiger partial charge in [0, 0.05) is 6.42 Å². The van der Waals surface area contributed by atoms with Crippen molar-refractivity contribution in [3.63, 3.8) is 0 Å². The molecule has 0 spiro atoms. The molecular weight excluding hydrogens is 268 g/mol. The maximum atomic E-state index is 11.5. The van der Waals surface area contributed by atoms with Crippen LogP contribution in [0.5, 0.6) is 5.75 Å². The first-order valence-corrected chi connectivity index (χ1v) is 7.65. The van der Waals surface area contributed by atoms with E-state index in [2.05, 4.69) is 6.92 Å². The number of benzene rings is 1. The quantitative estimate of drug-likeness (QED) is 0.361. The van der Waals surface area contributed by atoms with Crippen LogP contribution < -0.4 is 4.74 Å². The summed E-state index contributed by atoms with van der Waals surface area (Å²) in [6, 6.07) is 5.06. The molecule has 0 aliphatic carbocycles. The molecule has 0 saturated carbocycles. The number of hydrogen-bond donors (Lipinski definition) is 1. The smallest absolute Gasteiger partial charge is 0.311 e. The van der Waals surface area contributed by atoms with Crippen LogP contribution in [0, 0.1) is 0 Å². The van der Waals surface area contributed by atoms with Gasteiger partial charge in [0.1, 0.15) is 5.75 Å². The summed E-state index contributed by atoms with van der Waals surface area (Å²) in [5, 5.41) is 0. The molecule has 1 aromatic carbocycles. The van der Waals surface area contributed by atoms with Gasteiger partial charge >= 0.3 is 5.97 Å². The van der Waals surface area contributed by atoms with E-state index < -0.39 is 10.1 Å². The summed E-state index contributed by atoms with van der Waals surface area (Å²) in [6.45, 7) is 2.09. The van der Waals surface area contributed by atoms with E-state index in [1.807, 2.05) is 0 Å². The zero-order valence-corrected chi connectivity index (χ0v) is 11.6. The molecule has 1 aromatic rings. The predicted octanol–water partition coefficient (Wildman–Crippen LogP) is 2.81. The average Bonchev–Trinajstić information content (AvgIpc) is 2.34. The van der Waals surface area contributed by atoms with Gasteiger partial charge in [-0.25, -0.2) is 0 Å². The average molecular weight is 286 g/mol. The van der Waals surface area contributed by atoms with Crippen LogP contribution in [-0.4, -0.2) is 18.9 Å². The summed E-state index contributed by atoms with van der Waals surface area (Å²) < 4.78 is 35.5. The number of ether oxygens (including phenoxy) is 1. The second-order valence-corrected chi connectivity index (χ2v) is 5.65. The van der Waals surface area contributed by atoms with Crippen LogP contribution in [0.3, 0.4) is 0 Å². The molecule has 0 amide bonds. The molecule has 0 atom stereocenters. The molecule has 0 heterocycles. The minimum absolute atomic E-state index is 0.227. The predicted molar refractivity (Wildman–Crippen MR) is 70.7 cm³/mol. The van der Waals surface area contributed by atoms with Crippen molar-refractivity contribution >= 4 is 16.1 Å². The summed E-state index contributed by atoms with van der Waals surface area (Å²) in [4.78, 5) is 11.2. The van der Waals surface area contributed by atoms with Crippen molar-refractivity contribution in [2.75, 3.05) is 0 Å². The third-order valence-electron chi connectivity index (χ3n) is 2.59. The molecule has 6 heteroatoms. The fourth-order valence-electron chi connectivity index (χ4n) is 1.56. The molecule has 106 valence electrons. The summed E-state index contributed by atoms with van der Waals surface area (Å²) in [5.74, 6) is -0.0661. The first-order chi connectivity index (χ1) is 8.93. The molecule has 0 unspecified atom stereocenters. The fraction of sp³-hybridized carbons (Fsp3) is 0.462. The molecule has 1 N–H and O–H groups in total. The lowest BCUT2D eigenvalue weighted by Crippen LogP contribution is -2.07. The topological polar surface area (TPSA) is 80.7 Å². The van der Waals surface area contributed by atoms with Gasteiger partial charge in [0.05, 0.1) is 4.90 Å². The van der Waals surface area contributed by atoms with Crippen molar-refractivity contribution in [1.82, 2.24) is 0 Å². The van der Waals surface area contributed by atoms with Gasteiger partial charge < -0.3 is 4.74 Å². The summed E-state index contributed by atoms with van der Waals surface area (Å²) in [6.07, 6.45) is 4.32. The van der Waals surface area contributed by atoms with Crippen LogP contribution in [0.1, 0.15) is 39.0 Å². The number of esters is 1. The van der Waals surface area contributed by atoms with Crippen molar-refractivity contribution in [1.29, 1.82) is 0 Å². The Labute approximate surface area is 113 Å². The maximum Gasteiger partial charge on any atom is 0.311 e. The lowest BCUT2D eigenvalue weighted by molar-refractivity contribution is -0.134. The van der Waals surface area contributed by atoms with Crippen molar-refractivity contribution < 1.29 is 22.5 Å². The molecular formula is C13H18O5S. The first-order valence-electron chi connectivity index (χ1n) is 6.21. The Morgan fingerprint density at radius 3 is 2.32 bits per heavy atom. The van der Waals surface area contributed by atoms with Gasteiger partial charge in [0.25, 0.3) is 10.1 Å². The van der Waals surface area contributed by atoms with Crippen molar-refractivity contribution in [2.24, 2.45) is 0 Å². The van der Waals surface area contributed by atoms with Crippen LogP contribution in [-0.2, 0) is 14.9 Å². The third kappa shape index (κ3) is 5.85. The van der Waals surface area contributed by atoms with Crippen LogP contribution >= 0.6 is 0 Å². The van der Waals surface area contributed by atoms with Gasteiger partial charge in [-0.2, -0.15) is 8.42 Å². The molecule has 0 bridgehead atoms.